The minimum atomic E-state index is 0.626. The number of hydrogen-bond acceptors (Lipinski definition) is 2. The Bertz CT molecular complexity index is 1080. The molecular formula is C20H13N3. The third-order valence-corrected chi connectivity index (χ3v) is 4.00. The Morgan fingerprint density at radius 2 is 1.78 bits per heavy atom. The molecule has 1 N–H and O–H groups in total. The summed E-state index contributed by atoms with van der Waals surface area (Å²) in [6, 6.07) is 18.4. The fourth-order valence-electron chi connectivity index (χ4n) is 2.88. The van der Waals surface area contributed by atoms with E-state index in [2.05, 4.69) is 16.0 Å². The Morgan fingerprint density at radius 1 is 1.00 bits per heavy atom. The number of para-hydroxylation sites is 1. The smallest absolute Gasteiger partial charge is 0.0998 e. The van der Waals surface area contributed by atoms with Gasteiger partial charge in [-0.25, -0.2) is 0 Å². The van der Waals surface area contributed by atoms with Crippen LogP contribution in [0.15, 0.2) is 67.1 Å². The van der Waals surface area contributed by atoms with Crippen LogP contribution in [-0.4, -0.2) is 9.97 Å². The third-order valence-electron chi connectivity index (χ3n) is 4.00. The highest BCUT2D eigenvalue weighted by atomic mass is 14.7. The van der Waals surface area contributed by atoms with Gasteiger partial charge in [0.05, 0.1) is 11.6 Å². The molecule has 0 saturated heterocycles. The van der Waals surface area contributed by atoms with Crippen LogP contribution in [0.3, 0.4) is 0 Å². The average Bonchev–Trinajstić information content (AvgIpc) is 3.04. The van der Waals surface area contributed by atoms with E-state index in [4.69, 9.17) is 0 Å². The summed E-state index contributed by atoms with van der Waals surface area (Å²) in [5, 5.41) is 12.8. The van der Waals surface area contributed by atoms with Gasteiger partial charge in [0, 0.05) is 46.0 Å². The predicted octanol–water partition coefficient (Wildman–Crippen LogP) is 4.78. The normalized spacial score (nSPS) is 11.7. The van der Waals surface area contributed by atoms with Crippen LogP contribution in [0.2, 0.25) is 0 Å². The van der Waals surface area contributed by atoms with E-state index in [1.165, 1.54) is 0 Å². The van der Waals surface area contributed by atoms with E-state index in [9.17, 15) is 5.26 Å². The van der Waals surface area contributed by atoms with Crippen LogP contribution in [0.1, 0.15) is 11.1 Å². The van der Waals surface area contributed by atoms with Gasteiger partial charge >= 0.3 is 0 Å². The van der Waals surface area contributed by atoms with Crippen LogP contribution in [0.5, 0.6) is 0 Å². The Hall–Kier alpha value is -3.38. The predicted molar refractivity (Wildman–Crippen MR) is 93.5 cm³/mol. The SMILES string of the molecule is N#C/C(=C\c1cncc2ccccc12)c1c[nH]c2ccccc12. The van der Waals surface area contributed by atoms with E-state index in [1.807, 2.05) is 67.0 Å². The summed E-state index contributed by atoms with van der Waals surface area (Å²) in [6.07, 6.45) is 7.43. The first-order valence-corrected chi connectivity index (χ1v) is 7.38. The van der Waals surface area contributed by atoms with Crippen molar-refractivity contribution in [1.29, 1.82) is 5.26 Å². The van der Waals surface area contributed by atoms with Gasteiger partial charge in [0.1, 0.15) is 0 Å². The molecule has 0 radical (unpaired) electrons. The second-order valence-electron chi connectivity index (χ2n) is 5.37. The molecule has 0 aliphatic heterocycles. The van der Waals surface area contributed by atoms with Crippen LogP contribution >= 0.6 is 0 Å². The molecule has 4 aromatic rings. The number of aromatic nitrogens is 2. The zero-order valence-corrected chi connectivity index (χ0v) is 12.3. The van der Waals surface area contributed by atoms with Gasteiger partial charge in [-0.2, -0.15) is 5.26 Å². The molecule has 23 heavy (non-hydrogen) atoms. The largest absolute Gasteiger partial charge is 0.361 e. The Labute approximate surface area is 133 Å². The summed E-state index contributed by atoms with van der Waals surface area (Å²) in [5.41, 5.74) is 3.52. The number of fused-ring (bicyclic) bond motifs is 2. The Kier molecular flexibility index (Phi) is 3.14. The first-order chi connectivity index (χ1) is 11.4. The number of hydrogen-bond donors (Lipinski definition) is 1. The number of nitrogens with one attached hydrogen (secondary N) is 1. The number of benzene rings is 2. The van der Waals surface area contributed by atoms with Crippen molar-refractivity contribution in [2.75, 3.05) is 0 Å². The molecule has 0 bridgehead atoms. The van der Waals surface area contributed by atoms with Crippen molar-refractivity contribution >= 4 is 33.3 Å². The molecule has 0 unspecified atom stereocenters. The zero-order chi connectivity index (χ0) is 15.6. The molecule has 0 fully saturated rings. The summed E-state index contributed by atoms with van der Waals surface area (Å²) in [6.45, 7) is 0. The van der Waals surface area contributed by atoms with Gasteiger partial charge in [0.15, 0.2) is 0 Å². The third kappa shape index (κ3) is 2.27. The maximum atomic E-state index is 9.64. The number of allylic oxidation sites excluding steroid dienone is 1. The molecule has 0 saturated carbocycles. The van der Waals surface area contributed by atoms with E-state index in [-0.39, 0.29) is 0 Å². The molecule has 0 atom stereocenters. The van der Waals surface area contributed by atoms with Crippen molar-refractivity contribution < 1.29 is 0 Å². The second kappa shape index (κ2) is 5.43. The van der Waals surface area contributed by atoms with Crippen LogP contribution in [0, 0.1) is 11.3 Å². The highest BCUT2D eigenvalue weighted by Gasteiger charge is 2.09. The lowest BCUT2D eigenvalue weighted by atomic mass is 10.0. The number of aromatic amines is 1. The number of rotatable bonds is 2. The first-order valence-electron chi connectivity index (χ1n) is 7.38. The maximum absolute atomic E-state index is 9.64. The van der Waals surface area contributed by atoms with Gasteiger partial charge in [-0.1, -0.05) is 42.5 Å². The number of nitriles is 1. The molecule has 0 spiro atoms. The van der Waals surface area contributed by atoms with E-state index in [0.717, 1.165) is 32.8 Å². The van der Waals surface area contributed by atoms with Crippen molar-refractivity contribution in [3.05, 3.63) is 78.2 Å². The van der Waals surface area contributed by atoms with Crippen molar-refractivity contribution in [2.24, 2.45) is 0 Å². The maximum Gasteiger partial charge on any atom is 0.0998 e. The van der Waals surface area contributed by atoms with E-state index < -0.39 is 0 Å². The minimum Gasteiger partial charge on any atom is -0.361 e. The fraction of sp³-hybridized carbons (Fsp3) is 0. The van der Waals surface area contributed by atoms with Crippen LogP contribution in [-0.2, 0) is 0 Å². The molecule has 0 aliphatic rings. The van der Waals surface area contributed by atoms with Crippen molar-refractivity contribution in [1.82, 2.24) is 9.97 Å². The first kappa shape index (κ1) is 13.3. The van der Waals surface area contributed by atoms with Gasteiger partial charge in [0.25, 0.3) is 0 Å². The number of pyridine rings is 1. The second-order valence-corrected chi connectivity index (χ2v) is 5.37. The minimum absolute atomic E-state index is 0.626. The summed E-state index contributed by atoms with van der Waals surface area (Å²) in [4.78, 5) is 7.50. The summed E-state index contributed by atoms with van der Waals surface area (Å²) in [5.74, 6) is 0. The average molecular weight is 295 g/mol. The number of H-pyrrole nitrogens is 1. The van der Waals surface area contributed by atoms with Crippen LogP contribution < -0.4 is 0 Å². The summed E-state index contributed by atoms with van der Waals surface area (Å²) in [7, 11) is 0. The van der Waals surface area contributed by atoms with Gasteiger partial charge in [-0.3, -0.25) is 4.98 Å². The Morgan fingerprint density at radius 3 is 2.65 bits per heavy atom. The fourth-order valence-corrected chi connectivity index (χ4v) is 2.88. The molecular weight excluding hydrogens is 282 g/mol. The Balaban J connectivity index is 1.93. The summed E-state index contributed by atoms with van der Waals surface area (Å²) >= 11 is 0. The van der Waals surface area contributed by atoms with E-state index >= 15 is 0 Å². The monoisotopic (exact) mass is 295 g/mol. The molecule has 108 valence electrons. The topological polar surface area (TPSA) is 52.5 Å². The molecule has 2 aromatic heterocycles. The van der Waals surface area contributed by atoms with Crippen molar-refractivity contribution in [3.63, 3.8) is 0 Å². The van der Waals surface area contributed by atoms with Gasteiger partial charge in [0.2, 0.25) is 0 Å². The molecule has 0 amide bonds. The molecule has 2 aromatic carbocycles. The van der Waals surface area contributed by atoms with E-state index in [1.54, 1.807) is 6.20 Å². The molecule has 0 aliphatic carbocycles. The quantitative estimate of drug-likeness (QED) is 0.541. The highest BCUT2D eigenvalue weighted by molar-refractivity contribution is 6.03. The summed E-state index contributed by atoms with van der Waals surface area (Å²) < 4.78 is 0. The van der Waals surface area contributed by atoms with Crippen LogP contribution in [0.4, 0.5) is 0 Å². The highest BCUT2D eigenvalue weighted by Crippen LogP contribution is 2.28. The van der Waals surface area contributed by atoms with E-state index in [0.29, 0.717) is 5.57 Å². The van der Waals surface area contributed by atoms with Crippen molar-refractivity contribution in [3.8, 4) is 6.07 Å². The standard InChI is InChI=1S/C20H13N3/c21-10-15(19-13-23-20-8-4-3-7-18(19)20)9-16-12-22-11-14-5-1-2-6-17(14)16/h1-9,11-13,23H/b15-9+. The molecule has 3 heteroatoms. The van der Waals surface area contributed by atoms with Gasteiger partial charge in [-0.05, 0) is 17.5 Å². The number of nitrogens with zero attached hydrogens (tertiary/aromatic N) is 2. The molecule has 3 nitrogen and oxygen atoms in total. The van der Waals surface area contributed by atoms with Gasteiger partial charge in [-0.15, -0.1) is 0 Å². The molecule has 4 rings (SSSR count). The zero-order valence-electron chi connectivity index (χ0n) is 12.3. The van der Waals surface area contributed by atoms with Crippen molar-refractivity contribution in [2.45, 2.75) is 0 Å². The van der Waals surface area contributed by atoms with Gasteiger partial charge < -0.3 is 4.98 Å². The lowest BCUT2D eigenvalue weighted by Gasteiger charge is -2.03. The van der Waals surface area contributed by atoms with Crippen LogP contribution in [0.25, 0.3) is 33.3 Å². The molecule has 2 heterocycles. The lowest BCUT2D eigenvalue weighted by molar-refractivity contribution is 1.35. The lowest BCUT2D eigenvalue weighted by Crippen LogP contribution is -1.84.